The highest BCUT2D eigenvalue weighted by atomic mass is 16.5. The predicted molar refractivity (Wildman–Crippen MR) is 93.0 cm³/mol. The van der Waals surface area contributed by atoms with Crippen LogP contribution in [0.5, 0.6) is 5.75 Å². The normalized spacial score (nSPS) is 21.7. The van der Waals surface area contributed by atoms with Crippen LogP contribution < -0.4 is 4.74 Å². The van der Waals surface area contributed by atoms with Gasteiger partial charge in [0.25, 0.3) is 0 Å². The van der Waals surface area contributed by atoms with Crippen molar-refractivity contribution in [3.8, 4) is 5.75 Å². The molecule has 1 aliphatic rings. The van der Waals surface area contributed by atoms with E-state index in [1.165, 1.54) is 11.6 Å². The number of ether oxygens (including phenoxy) is 1. The molecule has 0 amide bonds. The van der Waals surface area contributed by atoms with Gasteiger partial charge in [-0.15, -0.1) is 0 Å². The van der Waals surface area contributed by atoms with Gasteiger partial charge in [0, 0.05) is 11.6 Å². The number of aliphatic carboxylic acids is 1. The topological polar surface area (TPSA) is 63.6 Å². The second-order valence-electron chi connectivity index (χ2n) is 6.26. The standard InChI is InChI=1S/C20H24O4/c1-3-4-19(21)24-18-11-9-17(10-12-18)16-7-5-15(6-8-16)13-14(2)20(22)23/h3-4,9-13,15-16H,5-8H2,1-2H3,(H,22,23). The Morgan fingerprint density at radius 3 is 2.29 bits per heavy atom. The summed E-state index contributed by atoms with van der Waals surface area (Å²) in [6.07, 6.45) is 9.04. The fourth-order valence-corrected chi connectivity index (χ4v) is 3.14. The Kier molecular flexibility index (Phi) is 6.36. The maximum atomic E-state index is 11.4. The van der Waals surface area contributed by atoms with Crippen molar-refractivity contribution in [2.24, 2.45) is 5.92 Å². The summed E-state index contributed by atoms with van der Waals surface area (Å²) >= 11 is 0. The van der Waals surface area contributed by atoms with E-state index in [9.17, 15) is 9.59 Å². The van der Waals surface area contributed by atoms with Gasteiger partial charge in [-0.25, -0.2) is 9.59 Å². The SMILES string of the molecule is CC=CC(=O)Oc1ccc(C2CCC(C=C(C)C(=O)O)CC2)cc1. The predicted octanol–water partition coefficient (Wildman–Crippen LogP) is 4.47. The Hall–Kier alpha value is -2.36. The number of rotatable bonds is 5. The van der Waals surface area contributed by atoms with E-state index in [0.29, 0.717) is 23.2 Å². The van der Waals surface area contributed by atoms with E-state index < -0.39 is 5.97 Å². The first-order valence-corrected chi connectivity index (χ1v) is 8.35. The number of carbonyl (C=O) groups excluding carboxylic acids is 1. The van der Waals surface area contributed by atoms with Gasteiger partial charge < -0.3 is 9.84 Å². The summed E-state index contributed by atoms with van der Waals surface area (Å²) < 4.78 is 5.19. The minimum absolute atomic E-state index is 0.360. The van der Waals surface area contributed by atoms with Crippen LogP contribution in [0.2, 0.25) is 0 Å². The third-order valence-electron chi connectivity index (χ3n) is 4.47. The lowest BCUT2D eigenvalue weighted by molar-refractivity contribution is -0.132. The molecule has 1 aromatic rings. The molecule has 0 saturated heterocycles. The monoisotopic (exact) mass is 328 g/mol. The molecule has 0 bridgehead atoms. The Bertz CT molecular complexity index is 632. The van der Waals surface area contributed by atoms with Crippen LogP contribution in [-0.4, -0.2) is 17.0 Å². The number of carbonyl (C=O) groups is 2. The molecular weight excluding hydrogens is 304 g/mol. The highest BCUT2D eigenvalue weighted by Crippen LogP contribution is 2.37. The van der Waals surface area contributed by atoms with Crippen molar-refractivity contribution in [2.45, 2.75) is 45.4 Å². The number of allylic oxidation sites excluding steroid dienone is 2. The molecule has 24 heavy (non-hydrogen) atoms. The Balaban J connectivity index is 1.91. The van der Waals surface area contributed by atoms with Crippen LogP contribution in [0.4, 0.5) is 0 Å². The summed E-state index contributed by atoms with van der Waals surface area (Å²) in [7, 11) is 0. The average Bonchev–Trinajstić information content (AvgIpc) is 2.56. The maximum absolute atomic E-state index is 11.4. The van der Waals surface area contributed by atoms with E-state index in [2.05, 4.69) is 0 Å². The number of carboxylic acids is 1. The minimum Gasteiger partial charge on any atom is -0.478 e. The highest BCUT2D eigenvalue weighted by Gasteiger charge is 2.22. The summed E-state index contributed by atoms with van der Waals surface area (Å²) in [5.41, 5.74) is 1.68. The fraction of sp³-hybridized carbons (Fsp3) is 0.400. The van der Waals surface area contributed by atoms with Crippen molar-refractivity contribution >= 4 is 11.9 Å². The quantitative estimate of drug-likeness (QED) is 0.492. The first-order chi connectivity index (χ1) is 11.5. The van der Waals surface area contributed by atoms with Gasteiger partial charge in [0.05, 0.1) is 0 Å². The van der Waals surface area contributed by atoms with E-state index in [-0.39, 0.29) is 5.97 Å². The van der Waals surface area contributed by atoms with Gasteiger partial charge in [0.2, 0.25) is 0 Å². The van der Waals surface area contributed by atoms with Crippen LogP contribution in [0, 0.1) is 5.92 Å². The molecule has 0 spiro atoms. The molecule has 1 aromatic carbocycles. The smallest absolute Gasteiger partial charge is 0.335 e. The lowest BCUT2D eigenvalue weighted by atomic mass is 9.78. The third-order valence-corrected chi connectivity index (χ3v) is 4.47. The van der Waals surface area contributed by atoms with Crippen LogP contribution in [0.15, 0.2) is 48.1 Å². The first kappa shape index (κ1) is 18.0. The van der Waals surface area contributed by atoms with Gasteiger partial charge in [-0.2, -0.15) is 0 Å². The van der Waals surface area contributed by atoms with Gasteiger partial charge in [-0.1, -0.05) is 24.3 Å². The zero-order valence-corrected chi connectivity index (χ0v) is 14.2. The third kappa shape index (κ3) is 5.08. The van der Waals surface area contributed by atoms with Gasteiger partial charge >= 0.3 is 11.9 Å². The minimum atomic E-state index is -0.833. The van der Waals surface area contributed by atoms with Gasteiger partial charge in [0.15, 0.2) is 0 Å². The second kappa shape index (κ2) is 8.48. The number of hydrogen-bond acceptors (Lipinski definition) is 3. The van der Waals surface area contributed by atoms with Crippen LogP contribution in [-0.2, 0) is 9.59 Å². The van der Waals surface area contributed by atoms with E-state index >= 15 is 0 Å². The molecular formula is C20H24O4. The summed E-state index contributed by atoms with van der Waals surface area (Å²) in [6.45, 7) is 3.43. The van der Waals surface area contributed by atoms with Crippen LogP contribution >= 0.6 is 0 Å². The van der Waals surface area contributed by atoms with Crippen LogP contribution in [0.3, 0.4) is 0 Å². The molecule has 0 aromatic heterocycles. The molecule has 0 radical (unpaired) electrons. The highest BCUT2D eigenvalue weighted by molar-refractivity contribution is 5.85. The van der Waals surface area contributed by atoms with Crippen molar-refractivity contribution in [1.29, 1.82) is 0 Å². The van der Waals surface area contributed by atoms with E-state index in [1.54, 1.807) is 19.9 Å². The zero-order valence-electron chi connectivity index (χ0n) is 14.2. The summed E-state index contributed by atoms with van der Waals surface area (Å²) in [5.74, 6) is 0.195. The zero-order chi connectivity index (χ0) is 17.5. The Morgan fingerprint density at radius 1 is 1.12 bits per heavy atom. The second-order valence-corrected chi connectivity index (χ2v) is 6.26. The molecule has 4 nitrogen and oxygen atoms in total. The van der Waals surface area contributed by atoms with Crippen molar-refractivity contribution in [3.63, 3.8) is 0 Å². The van der Waals surface area contributed by atoms with Crippen molar-refractivity contribution < 1.29 is 19.4 Å². The fourth-order valence-electron chi connectivity index (χ4n) is 3.14. The first-order valence-electron chi connectivity index (χ1n) is 8.35. The molecule has 1 fully saturated rings. The van der Waals surface area contributed by atoms with Gasteiger partial charge in [0.1, 0.15) is 5.75 Å². The number of hydrogen-bond donors (Lipinski definition) is 1. The van der Waals surface area contributed by atoms with Crippen molar-refractivity contribution in [1.82, 2.24) is 0 Å². The molecule has 1 N–H and O–H groups in total. The van der Waals surface area contributed by atoms with Crippen molar-refractivity contribution in [3.05, 3.63) is 53.6 Å². The van der Waals surface area contributed by atoms with Gasteiger partial charge in [-0.05, 0) is 69.1 Å². The molecule has 128 valence electrons. The number of esters is 1. The summed E-state index contributed by atoms with van der Waals surface area (Å²) in [5, 5.41) is 8.96. The molecule has 1 aliphatic carbocycles. The average molecular weight is 328 g/mol. The molecule has 0 unspecified atom stereocenters. The van der Waals surface area contributed by atoms with E-state index in [4.69, 9.17) is 9.84 Å². The van der Waals surface area contributed by atoms with Crippen molar-refractivity contribution in [2.75, 3.05) is 0 Å². The van der Waals surface area contributed by atoms with E-state index in [1.807, 2.05) is 30.3 Å². The molecule has 2 rings (SSSR count). The molecule has 1 saturated carbocycles. The molecule has 0 heterocycles. The Morgan fingerprint density at radius 2 is 1.75 bits per heavy atom. The Labute approximate surface area is 142 Å². The van der Waals surface area contributed by atoms with E-state index in [0.717, 1.165) is 25.7 Å². The lowest BCUT2D eigenvalue weighted by Crippen LogP contribution is -2.13. The number of carboxylic acid groups (broad SMARTS) is 1. The lowest BCUT2D eigenvalue weighted by Gasteiger charge is -2.27. The summed E-state index contributed by atoms with van der Waals surface area (Å²) in [6, 6.07) is 7.69. The molecule has 0 atom stereocenters. The van der Waals surface area contributed by atoms with Crippen LogP contribution in [0.25, 0.3) is 0 Å². The molecule has 0 aliphatic heterocycles. The maximum Gasteiger partial charge on any atom is 0.335 e. The molecule has 4 heteroatoms. The number of benzene rings is 1. The summed E-state index contributed by atoms with van der Waals surface area (Å²) in [4.78, 5) is 22.3. The van der Waals surface area contributed by atoms with Crippen LogP contribution in [0.1, 0.15) is 51.0 Å². The van der Waals surface area contributed by atoms with Gasteiger partial charge in [-0.3, -0.25) is 0 Å². The largest absolute Gasteiger partial charge is 0.478 e.